The molecule has 138 valence electrons. The largest absolute Gasteiger partial charge is 0.507 e. The molecule has 0 aliphatic rings. The number of nitrogens with one attached hydrogen (secondary N) is 1. The Kier molecular flexibility index (Phi) is 7.23. The third-order valence-corrected chi connectivity index (χ3v) is 4.93. The van der Waals surface area contributed by atoms with E-state index in [2.05, 4.69) is 56.2 Å². The van der Waals surface area contributed by atoms with Crippen molar-refractivity contribution in [3.8, 4) is 11.5 Å². The first-order valence-electron chi connectivity index (χ1n) is 8.01. The Bertz CT molecular complexity index is 836. The van der Waals surface area contributed by atoms with Crippen molar-refractivity contribution in [2.24, 2.45) is 5.10 Å². The summed E-state index contributed by atoms with van der Waals surface area (Å²) in [7, 11) is 0. The van der Waals surface area contributed by atoms with Gasteiger partial charge in [-0.2, -0.15) is 5.10 Å². The number of hydrogen-bond acceptors (Lipinski definition) is 4. The summed E-state index contributed by atoms with van der Waals surface area (Å²) in [4.78, 5) is 12.0. The Balaban J connectivity index is 1.96. The predicted octanol–water partition coefficient (Wildman–Crippen LogP) is 4.88. The summed E-state index contributed by atoms with van der Waals surface area (Å²) in [6, 6.07) is 9.20. The molecule has 0 saturated heterocycles. The van der Waals surface area contributed by atoms with Gasteiger partial charge < -0.3 is 9.84 Å². The van der Waals surface area contributed by atoms with Crippen LogP contribution < -0.4 is 10.2 Å². The lowest BCUT2D eigenvalue weighted by Gasteiger charge is -2.14. The van der Waals surface area contributed by atoms with Gasteiger partial charge in [0, 0.05) is 10.0 Å². The number of phenolic OH excluding ortho intramolecular Hbond substituents is 1. The summed E-state index contributed by atoms with van der Waals surface area (Å²) in [6.07, 6.45) is 1.44. The second kappa shape index (κ2) is 9.19. The van der Waals surface area contributed by atoms with E-state index >= 15 is 0 Å². The fourth-order valence-electron chi connectivity index (χ4n) is 2.25. The molecule has 0 heterocycles. The molecule has 2 aromatic rings. The van der Waals surface area contributed by atoms with E-state index in [-0.39, 0.29) is 18.3 Å². The maximum absolute atomic E-state index is 12.0. The minimum atomic E-state index is -0.366. The Morgan fingerprint density at radius 3 is 2.69 bits per heavy atom. The van der Waals surface area contributed by atoms with Crippen molar-refractivity contribution in [3.63, 3.8) is 0 Å². The number of aromatic hydroxyl groups is 1. The maximum atomic E-state index is 12.0. The fraction of sp³-hybridized carbons (Fsp3) is 0.263. The molecule has 2 rings (SSSR count). The monoisotopic (exact) mass is 482 g/mol. The van der Waals surface area contributed by atoms with Crippen molar-refractivity contribution >= 4 is 44.0 Å². The number of hydrazone groups is 1. The molecule has 0 saturated carbocycles. The second-order valence-corrected chi connectivity index (χ2v) is 7.81. The van der Waals surface area contributed by atoms with Gasteiger partial charge in [0.15, 0.2) is 6.61 Å². The molecular formula is C19H20Br2N2O3. The fourth-order valence-corrected chi connectivity index (χ4v) is 3.34. The smallest absolute Gasteiger partial charge is 0.277 e. The zero-order valence-corrected chi connectivity index (χ0v) is 17.9. The van der Waals surface area contributed by atoms with Crippen LogP contribution in [0.3, 0.4) is 0 Å². The molecule has 0 bridgehead atoms. The number of amides is 1. The summed E-state index contributed by atoms with van der Waals surface area (Å²) in [6.45, 7) is 6.00. The highest BCUT2D eigenvalue weighted by molar-refractivity contribution is 9.11. The Hall–Kier alpha value is -1.86. The average molecular weight is 484 g/mol. The molecule has 0 spiro atoms. The summed E-state index contributed by atoms with van der Waals surface area (Å²) in [5.41, 5.74) is 5.18. The Morgan fingerprint density at radius 2 is 2.00 bits per heavy atom. The lowest BCUT2D eigenvalue weighted by Crippen LogP contribution is -2.25. The van der Waals surface area contributed by atoms with Gasteiger partial charge in [-0.3, -0.25) is 4.79 Å². The molecule has 26 heavy (non-hydrogen) atoms. The molecule has 0 aliphatic heterocycles. The van der Waals surface area contributed by atoms with Crippen LogP contribution in [0.1, 0.15) is 36.5 Å². The molecule has 5 nitrogen and oxygen atoms in total. The van der Waals surface area contributed by atoms with Gasteiger partial charge >= 0.3 is 0 Å². The van der Waals surface area contributed by atoms with Crippen LogP contribution in [0.5, 0.6) is 11.5 Å². The molecule has 0 fully saturated rings. The van der Waals surface area contributed by atoms with Gasteiger partial charge in [0.2, 0.25) is 0 Å². The van der Waals surface area contributed by atoms with Gasteiger partial charge in [0.25, 0.3) is 5.91 Å². The number of carbonyl (C=O) groups excluding carboxylic acids is 1. The molecule has 0 atom stereocenters. The van der Waals surface area contributed by atoms with E-state index in [0.717, 1.165) is 15.6 Å². The minimum absolute atomic E-state index is 0.0879. The highest BCUT2D eigenvalue weighted by Crippen LogP contribution is 2.30. The van der Waals surface area contributed by atoms with E-state index in [9.17, 15) is 9.90 Å². The number of benzene rings is 2. The van der Waals surface area contributed by atoms with Crippen LogP contribution >= 0.6 is 31.9 Å². The van der Waals surface area contributed by atoms with Gasteiger partial charge in [-0.25, -0.2) is 5.43 Å². The van der Waals surface area contributed by atoms with E-state index in [1.165, 1.54) is 12.3 Å². The number of ether oxygens (including phenoxy) is 1. The maximum Gasteiger partial charge on any atom is 0.277 e. The van der Waals surface area contributed by atoms with Crippen molar-refractivity contribution < 1.29 is 14.6 Å². The number of phenols is 1. The minimum Gasteiger partial charge on any atom is -0.507 e. The summed E-state index contributed by atoms with van der Waals surface area (Å²) in [5.74, 6) is 0.730. The lowest BCUT2D eigenvalue weighted by atomic mass is 10.0. The third kappa shape index (κ3) is 5.57. The lowest BCUT2D eigenvalue weighted by molar-refractivity contribution is -0.123. The average Bonchev–Trinajstić information content (AvgIpc) is 2.57. The van der Waals surface area contributed by atoms with E-state index in [4.69, 9.17) is 4.74 Å². The van der Waals surface area contributed by atoms with Crippen molar-refractivity contribution in [2.75, 3.05) is 6.61 Å². The van der Waals surface area contributed by atoms with E-state index < -0.39 is 0 Å². The predicted molar refractivity (Wildman–Crippen MR) is 110 cm³/mol. The molecule has 7 heteroatoms. The molecular weight excluding hydrogens is 464 g/mol. The number of hydrogen-bond donors (Lipinski definition) is 2. The Labute approximate surface area is 169 Å². The highest BCUT2D eigenvalue weighted by Gasteiger charge is 2.10. The number of halogens is 2. The first-order valence-corrected chi connectivity index (χ1v) is 9.59. The first-order chi connectivity index (χ1) is 12.3. The summed E-state index contributed by atoms with van der Waals surface area (Å²) >= 11 is 6.59. The first kappa shape index (κ1) is 20.5. The van der Waals surface area contributed by atoms with Crippen molar-refractivity contribution in [1.29, 1.82) is 0 Å². The van der Waals surface area contributed by atoms with Crippen LogP contribution in [0, 0.1) is 6.92 Å². The Morgan fingerprint density at radius 1 is 1.27 bits per heavy atom. The van der Waals surface area contributed by atoms with Crippen LogP contribution in [0.4, 0.5) is 0 Å². The van der Waals surface area contributed by atoms with E-state index in [0.29, 0.717) is 21.7 Å². The van der Waals surface area contributed by atoms with E-state index in [1.54, 1.807) is 6.07 Å². The summed E-state index contributed by atoms with van der Waals surface area (Å²) < 4.78 is 6.96. The molecule has 1 amide bonds. The molecule has 0 unspecified atom stereocenters. The number of nitrogens with zero attached hydrogens (tertiary/aromatic N) is 1. The second-order valence-electron chi connectivity index (χ2n) is 6.10. The number of rotatable bonds is 6. The highest BCUT2D eigenvalue weighted by atomic mass is 79.9. The third-order valence-electron chi connectivity index (χ3n) is 3.61. The molecule has 0 aliphatic carbocycles. The molecule has 0 aromatic heterocycles. The van der Waals surface area contributed by atoms with Gasteiger partial charge in [-0.15, -0.1) is 0 Å². The molecule has 2 aromatic carbocycles. The van der Waals surface area contributed by atoms with Gasteiger partial charge in [-0.1, -0.05) is 41.9 Å². The molecule has 2 N–H and O–H groups in total. The van der Waals surface area contributed by atoms with Gasteiger partial charge in [-0.05, 0) is 58.1 Å². The van der Waals surface area contributed by atoms with Crippen LogP contribution in [0.25, 0.3) is 0 Å². The number of aryl methyl sites for hydroxylation is 1. The summed E-state index contributed by atoms with van der Waals surface area (Å²) in [5, 5.41) is 13.6. The van der Waals surface area contributed by atoms with Crippen molar-refractivity contribution in [2.45, 2.75) is 26.7 Å². The van der Waals surface area contributed by atoms with Crippen molar-refractivity contribution in [3.05, 3.63) is 56.0 Å². The normalized spacial score (nSPS) is 11.2. The van der Waals surface area contributed by atoms with Crippen LogP contribution in [0.2, 0.25) is 0 Å². The van der Waals surface area contributed by atoms with Gasteiger partial charge in [0.1, 0.15) is 11.5 Å². The van der Waals surface area contributed by atoms with Crippen molar-refractivity contribution in [1.82, 2.24) is 5.43 Å². The van der Waals surface area contributed by atoms with Gasteiger partial charge in [0.05, 0.1) is 10.7 Å². The topological polar surface area (TPSA) is 70.9 Å². The van der Waals surface area contributed by atoms with Crippen LogP contribution in [-0.4, -0.2) is 23.8 Å². The van der Waals surface area contributed by atoms with E-state index in [1.807, 2.05) is 25.1 Å². The zero-order valence-electron chi connectivity index (χ0n) is 14.7. The van der Waals surface area contributed by atoms with Crippen LogP contribution in [-0.2, 0) is 4.79 Å². The van der Waals surface area contributed by atoms with Crippen LogP contribution in [0.15, 0.2) is 44.4 Å². The number of carbonyl (C=O) groups is 1. The quantitative estimate of drug-likeness (QED) is 0.454. The zero-order chi connectivity index (χ0) is 19.3. The standard InChI is InChI=1S/C19H20Br2N2O3/c1-11(2)14-5-4-12(3)6-18(14)26-10-19(25)23-22-9-13-7-17(24)16(21)8-15(13)20/h4-9,11,24H,10H2,1-3H3,(H,23,25). The molecule has 0 radical (unpaired) electrons. The SMILES string of the molecule is Cc1ccc(C(C)C)c(OCC(=O)NN=Cc2cc(O)c(Br)cc2Br)c1.